The average Bonchev–Trinajstić information content (AvgIpc) is 2.75. The molecular formula is C14H18N2O3S. The van der Waals surface area contributed by atoms with Gasteiger partial charge in [-0.3, -0.25) is 0 Å². The minimum atomic E-state index is -3.48. The van der Waals surface area contributed by atoms with Crippen LogP contribution in [0, 0.1) is 0 Å². The third-order valence-corrected chi connectivity index (χ3v) is 5.31. The summed E-state index contributed by atoms with van der Waals surface area (Å²) in [6.45, 7) is 0. The van der Waals surface area contributed by atoms with Crippen molar-refractivity contribution in [3.05, 3.63) is 24.6 Å². The van der Waals surface area contributed by atoms with Crippen LogP contribution in [0.15, 0.2) is 33.9 Å². The first-order valence-corrected chi connectivity index (χ1v) is 8.49. The second-order valence-corrected chi connectivity index (χ2v) is 7.01. The molecule has 1 aliphatic carbocycles. The summed E-state index contributed by atoms with van der Waals surface area (Å²) in [4.78, 5) is 4.23. The SMILES string of the molecule is O=S(=O)(NC1CCCCCC1)c1ccc2ncoc2c1. The minimum absolute atomic E-state index is 0.0490. The molecule has 0 spiro atoms. The van der Waals surface area contributed by atoms with Crippen LogP contribution in [0.5, 0.6) is 0 Å². The Morgan fingerprint density at radius 3 is 2.65 bits per heavy atom. The molecule has 6 heteroatoms. The molecular weight excluding hydrogens is 276 g/mol. The summed E-state index contributed by atoms with van der Waals surface area (Å²) in [6, 6.07) is 4.82. The van der Waals surface area contributed by atoms with Crippen molar-refractivity contribution < 1.29 is 12.8 Å². The van der Waals surface area contributed by atoms with E-state index >= 15 is 0 Å². The number of rotatable bonds is 3. The van der Waals surface area contributed by atoms with E-state index in [-0.39, 0.29) is 10.9 Å². The smallest absolute Gasteiger partial charge is 0.240 e. The molecule has 1 heterocycles. The highest BCUT2D eigenvalue weighted by molar-refractivity contribution is 7.89. The summed E-state index contributed by atoms with van der Waals surface area (Å²) in [5.74, 6) is 0. The largest absolute Gasteiger partial charge is 0.443 e. The summed E-state index contributed by atoms with van der Waals surface area (Å²) >= 11 is 0. The summed E-state index contributed by atoms with van der Waals surface area (Å²) in [6.07, 6.45) is 7.74. The Morgan fingerprint density at radius 2 is 1.90 bits per heavy atom. The van der Waals surface area contributed by atoms with Crippen molar-refractivity contribution in [1.82, 2.24) is 9.71 Å². The van der Waals surface area contributed by atoms with Crippen LogP contribution >= 0.6 is 0 Å². The molecule has 0 aliphatic heterocycles. The van der Waals surface area contributed by atoms with E-state index in [9.17, 15) is 8.42 Å². The van der Waals surface area contributed by atoms with Gasteiger partial charge in [0.25, 0.3) is 0 Å². The number of nitrogens with zero attached hydrogens (tertiary/aromatic N) is 1. The first kappa shape index (κ1) is 13.6. The lowest BCUT2D eigenvalue weighted by molar-refractivity contribution is 0.509. The second kappa shape index (κ2) is 5.54. The number of aromatic nitrogens is 1. The van der Waals surface area contributed by atoms with Crippen LogP contribution in [-0.2, 0) is 10.0 Å². The van der Waals surface area contributed by atoms with E-state index in [0.717, 1.165) is 25.7 Å². The molecule has 1 aliphatic rings. The van der Waals surface area contributed by atoms with Crippen LogP contribution in [0.1, 0.15) is 38.5 Å². The zero-order valence-corrected chi connectivity index (χ0v) is 12.0. The summed E-state index contributed by atoms with van der Waals surface area (Å²) < 4.78 is 32.8. The normalized spacial score (nSPS) is 18.2. The molecule has 1 aromatic carbocycles. The molecule has 1 fully saturated rings. The highest BCUT2D eigenvalue weighted by Gasteiger charge is 2.21. The van der Waals surface area contributed by atoms with Gasteiger partial charge >= 0.3 is 0 Å². The van der Waals surface area contributed by atoms with Gasteiger partial charge in [0, 0.05) is 12.1 Å². The lowest BCUT2D eigenvalue weighted by Gasteiger charge is -2.16. The number of benzene rings is 1. The number of nitrogens with one attached hydrogen (secondary N) is 1. The Bertz CT molecular complexity index is 685. The molecule has 1 N–H and O–H groups in total. The zero-order valence-electron chi connectivity index (χ0n) is 11.2. The average molecular weight is 294 g/mol. The van der Waals surface area contributed by atoms with Crippen molar-refractivity contribution in [2.24, 2.45) is 0 Å². The van der Waals surface area contributed by atoms with E-state index in [2.05, 4.69) is 9.71 Å². The van der Waals surface area contributed by atoms with Gasteiger partial charge in [-0.05, 0) is 25.0 Å². The first-order chi connectivity index (χ1) is 9.65. The molecule has 0 saturated heterocycles. The maximum absolute atomic E-state index is 12.4. The number of oxazole rings is 1. The van der Waals surface area contributed by atoms with E-state index in [1.807, 2.05) is 0 Å². The van der Waals surface area contributed by atoms with E-state index in [1.165, 1.54) is 25.3 Å². The van der Waals surface area contributed by atoms with Crippen LogP contribution in [0.4, 0.5) is 0 Å². The fraction of sp³-hybridized carbons (Fsp3) is 0.500. The third kappa shape index (κ3) is 2.86. The standard InChI is InChI=1S/C14H18N2O3S/c17-20(18,16-11-5-3-1-2-4-6-11)12-7-8-13-14(9-12)19-10-15-13/h7-11,16H,1-6H2. The molecule has 0 atom stereocenters. The Kier molecular flexibility index (Phi) is 3.76. The third-order valence-electron chi connectivity index (χ3n) is 3.79. The van der Waals surface area contributed by atoms with Crippen LogP contribution in [0.25, 0.3) is 11.1 Å². The number of hydrogen-bond donors (Lipinski definition) is 1. The Hall–Kier alpha value is -1.40. The molecule has 1 aromatic heterocycles. The quantitative estimate of drug-likeness (QED) is 0.883. The fourth-order valence-electron chi connectivity index (χ4n) is 2.69. The lowest BCUT2D eigenvalue weighted by Crippen LogP contribution is -2.34. The first-order valence-electron chi connectivity index (χ1n) is 7.01. The molecule has 2 aromatic rings. The molecule has 5 nitrogen and oxygen atoms in total. The van der Waals surface area contributed by atoms with Gasteiger partial charge < -0.3 is 4.42 Å². The van der Waals surface area contributed by atoms with Crippen molar-refractivity contribution in [2.45, 2.75) is 49.5 Å². The van der Waals surface area contributed by atoms with E-state index in [4.69, 9.17) is 4.42 Å². The van der Waals surface area contributed by atoms with Gasteiger partial charge in [0.2, 0.25) is 10.0 Å². The summed E-state index contributed by atoms with van der Waals surface area (Å²) in [5.41, 5.74) is 1.16. The zero-order chi connectivity index (χ0) is 14.0. The van der Waals surface area contributed by atoms with Crippen LogP contribution < -0.4 is 4.72 Å². The summed E-state index contributed by atoms with van der Waals surface area (Å²) in [7, 11) is -3.48. The molecule has 0 amide bonds. The fourth-order valence-corrected chi connectivity index (χ4v) is 4.01. The van der Waals surface area contributed by atoms with Gasteiger partial charge in [-0.1, -0.05) is 25.7 Å². The number of sulfonamides is 1. The van der Waals surface area contributed by atoms with Crippen molar-refractivity contribution in [1.29, 1.82) is 0 Å². The molecule has 3 rings (SSSR count). The molecule has 0 unspecified atom stereocenters. The van der Waals surface area contributed by atoms with Gasteiger partial charge in [0.1, 0.15) is 5.52 Å². The van der Waals surface area contributed by atoms with Gasteiger partial charge in [-0.15, -0.1) is 0 Å². The van der Waals surface area contributed by atoms with Crippen LogP contribution in [0.3, 0.4) is 0 Å². The minimum Gasteiger partial charge on any atom is -0.443 e. The van der Waals surface area contributed by atoms with Gasteiger partial charge in [-0.25, -0.2) is 18.1 Å². The Morgan fingerprint density at radius 1 is 1.15 bits per heavy atom. The topological polar surface area (TPSA) is 72.2 Å². The maximum Gasteiger partial charge on any atom is 0.240 e. The van der Waals surface area contributed by atoms with E-state index in [1.54, 1.807) is 12.1 Å². The van der Waals surface area contributed by atoms with Gasteiger partial charge in [0.05, 0.1) is 4.90 Å². The van der Waals surface area contributed by atoms with Gasteiger partial charge in [0.15, 0.2) is 12.0 Å². The maximum atomic E-state index is 12.4. The summed E-state index contributed by atoms with van der Waals surface area (Å²) in [5, 5.41) is 0. The molecule has 108 valence electrons. The van der Waals surface area contributed by atoms with Crippen LogP contribution in [-0.4, -0.2) is 19.4 Å². The highest BCUT2D eigenvalue weighted by Crippen LogP contribution is 2.21. The van der Waals surface area contributed by atoms with Crippen LogP contribution in [0.2, 0.25) is 0 Å². The molecule has 0 radical (unpaired) electrons. The molecule has 1 saturated carbocycles. The second-order valence-electron chi connectivity index (χ2n) is 5.29. The Labute approximate surface area is 118 Å². The highest BCUT2D eigenvalue weighted by atomic mass is 32.2. The predicted octanol–water partition coefficient (Wildman–Crippen LogP) is 2.83. The van der Waals surface area contributed by atoms with E-state index < -0.39 is 10.0 Å². The number of fused-ring (bicyclic) bond motifs is 1. The van der Waals surface area contributed by atoms with E-state index in [0.29, 0.717) is 11.1 Å². The van der Waals surface area contributed by atoms with Crippen molar-refractivity contribution in [3.8, 4) is 0 Å². The van der Waals surface area contributed by atoms with Crippen molar-refractivity contribution >= 4 is 21.1 Å². The van der Waals surface area contributed by atoms with Crippen molar-refractivity contribution in [2.75, 3.05) is 0 Å². The van der Waals surface area contributed by atoms with Crippen molar-refractivity contribution in [3.63, 3.8) is 0 Å². The Balaban J connectivity index is 1.82. The number of hydrogen-bond acceptors (Lipinski definition) is 4. The van der Waals surface area contributed by atoms with Gasteiger partial charge in [-0.2, -0.15) is 0 Å². The monoisotopic (exact) mass is 294 g/mol. The lowest BCUT2D eigenvalue weighted by atomic mass is 10.1. The predicted molar refractivity (Wildman–Crippen MR) is 75.8 cm³/mol. The molecule has 0 bridgehead atoms. The molecule has 20 heavy (non-hydrogen) atoms.